The first-order chi connectivity index (χ1) is 8.49. The molecule has 1 heterocycles. The number of nitrogen functional groups attached to an aromatic ring is 1. The molecule has 0 atom stereocenters. The number of carbonyl (C=O) groups is 1. The van der Waals surface area contributed by atoms with Gasteiger partial charge in [-0.15, -0.1) is 0 Å². The first kappa shape index (κ1) is 12.0. The maximum atomic E-state index is 11.4. The van der Waals surface area contributed by atoms with Gasteiger partial charge in [0.25, 0.3) is 5.91 Å². The normalized spacial score (nSPS) is 10.3. The van der Waals surface area contributed by atoms with Crippen molar-refractivity contribution in [2.45, 2.75) is 6.92 Å². The van der Waals surface area contributed by atoms with Crippen LogP contribution in [0.1, 0.15) is 16.1 Å². The average molecular weight is 246 g/mol. The van der Waals surface area contributed by atoms with E-state index in [-0.39, 0.29) is 5.56 Å². The lowest BCUT2D eigenvalue weighted by Crippen LogP contribution is -2.13. The van der Waals surface area contributed by atoms with E-state index >= 15 is 0 Å². The molecule has 1 aromatic heterocycles. The van der Waals surface area contributed by atoms with E-state index in [2.05, 4.69) is 5.10 Å². The SMILES string of the molecule is Cc1nn(C)c(Oc2ccc(N)cc2)c1C(N)=O. The van der Waals surface area contributed by atoms with Crippen LogP contribution in [-0.4, -0.2) is 15.7 Å². The van der Waals surface area contributed by atoms with Crippen LogP contribution in [0.25, 0.3) is 0 Å². The van der Waals surface area contributed by atoms with Crippen molar-refractivity contribution in [1.29, 1.82) is 0 Å². The van der Waals surface area contributed by atoms with E-state index in [1.807, 2.05) is 0 Å². The molecule has 18 heavy (non-hydrogen) atoms. The second-order valence-electron chi connectivity index (χ2n) is 3.92. The third-order valence-corrected chi connectivity index (χ3v) is 2.51. The Balaban J connectivity index is 2.39. The van der Waals surface area contributed by atoms with Crippen LogP contribution in [0.5, 0.6) is 11.6 Å². The van der Waals surface area contributed by atoms with Gasteiger partial charge in [-0.05, 0) is 31.2 Å². The first-order valence-electron chi connectivity index (χ1n) is 5.36. The minimum absolute atomic E-state index is 0.286. The van der Waals surface area contributed by atoms with Gasteiger partial charge in [-0.25, -0.2) is 4.68 Å². The predicted molar refractivity (Wildman–Crippen MR) is 67.4 cm³/mol. The van der Waals surface area contributed by atoms with Crippen molar-refractivity contribution in [2.75, 3.05) is 5.73 Å². The lowest BCUT2D eigenvalue weighted by Gasteiger charge is -2.07. The van der Waals surface area contributed by atoms with Crippen LogP contribution in [0.2, 0.25) is 0 Å². The molecule has 0 aliphatic carbocycles. The van der Waals surface area contributed by atoms with Crippen LogP contribution in [-0.2, 0) is 7.05 Å². The van der Waals surface area contributed by atoms with Crippen LogP contribution in [0.3, 0.4) is 0 Å². The fourth-order valence-electron chi connectivity index (χ4n) is 1.69. The summed E-state index contributed by atoms with van der Waals surface area (Å²) < 4.78 is 7.10. The topological polar surface area (TPSA) is 96.2 Å². The van der Waals surface area contributed by atoms with Crippen LogP contribution in [0, 0.1) is 6.92 Å². The van der Waals surface area contributed by atoms with Gasteiger partial charge in [0.1, 0.15) is 11.3 Å². The second kappa shape index (κ2) is 4.40. The number of aromatic nitrogens is 2. The lowest BCUT2D eigenvalue weighted by molar-refractivity contribution is 0.0997. The van der Waals surface area contributed by atoms with Crippen molar-refractivity contribution in [2.24, 2.45) is 12.8 Å². The number of benzene rings is 1. The summed E-state index contributed by atoms with van der Waals surface area (Å²) in [5, 5.41) is 4.11. The van der Waals surface area contributed by atoms with Gasteiger partial charge < -0.3 is 16.2 Å². The molecule has 94 valence electrons. The van der Waals surface area contributed by atoms with E-state index in [4.69, 9.17) is 16.2 Å². The number of primary amides is 1. The van der Waals surface area contributed by atoms with Gasteiger partial charge in [0.05, 0.1) is 5.69 Å². The number of aryl methyl sites for hydroxylation is 2. The molecule has 6 heteroatoms. The highest BCUT2D eigenvalue weighted by molar-refractivity contribution is 5.96. The molecule has 0 bridgehead atoms. The molecule has 1 aromatic carbocycles. The quantitative estimate of drug-likeness (QED) is 0.795. The lowest BCUT2D eigenvalue weighted by atomic mass is 10.2. The molecule has 0 fully saturated rings. The van der Waals surface area contributed by atoms with Crippen LogP contribution in [0.4, 0.5) is 5.69 Å². The highest BCUT2D eigenvalue weighted by Gasteiger charge is 2.19. The maximum absolute atomic E-state index is 11.4. The average Bonchev–Trinajstić information content (AvgIpc) is 2.57. The zero-order chi connectivity index (χ0) is 13.3. The Labute approximate surface area is 104 Å². The maximum Gasteiger partial charge on any atom is 0.256 e. The molecular weight excluding hydrogens is 232 g/mol. The van der Waals surface area contributed by atoms with Gasteiger partial charge in [-0.1, -0.05) is 0 Å². The van der Waals surface area contributed by atoms with E-state index in [1.165, 1.54) is 4.68 Å². The largest absolute Gasteiger partial charge is 0.438 e. The number of amides is 1. The van der Waals surface area contributed by atoms with Crippen LogP contribution < -0.4 is 16.2 Å². The Kier molecular flexibility index (Phi) is 2.93. The monoisotopic (exact) mass is 246 g/mol. The highest BCUT2D eigenvalue weighted by atomic mass is 16.5. The molecular formula is C12H14N4O2. The Bertz CT molecular complexity index is 587. The van der Waals surface area contributed by atoms with Gasteiger partial charge >= 0.3 is 0 Å². The molecule has 4 N–H and O–H groups in total. The van der Waals surface area contributed by atoms with E-state index < -0.39 is 5.91 Å². The number of nitrogens with two attached hydrogens (primary N) is 2. The standard InChI is InChI=1S/C12H14N4O2/c1-7-10(11(14)17)12(16(2)15-7)18-9-5-3-8(13)4-6-9/h3-6H,13H2,1-2H3,(H2,14,17). The van der Waals surface area contributed by atoms with E-state index in [9.17, 15) is 4.79 Å². The van der Waals surface area contributed by atoms with Crippen molar-refractivity contribution in [3.63, 3.8) is 0 Å². The summed E-state index contributed by atoms with van der Waals surface area (Å²) in [6, 6.07) is 6.84. The summed E-state index contributed by atoms with van der Waals surface area (Å²) >= 11 is 0. The molecule has 2 aromatic rings. The Morgan fingerprint density at radius 2 is 1.94 bits per heavy atom. The molecule has 0 saturated carbocycles. The molecule has 1 amide bonds. The second-order valence-corrected chi connectivity index (χ2v) is 3.92. The van der Waals surface area contributed by atoms with E-state index in [0.29, 0.717) is 23.0 Å². The third kappa shape index (κ3) is 2.13. The molecule has 0 radical (unpaired) electrons. The van der Waals surface area contributed by atoms with Crippen molar-refractivity contribution in [3.05, 3.63) is 35.5 Å². The highest BCUT2D eigenvalue weighted by Crippen LogP contribution is 2.27. The fraction of sp³-hybridized carbons (Fsp3) is 0.167. The molecule has 0 aliphatic rings. The van der Waals surface area contributed by atoms with E-state index in [0.717, 1.165) is 0 Å². The number of hydrogen-bond acceptors (Lipinski definition) is 4. The summed E-state index contributed by atoms with van der Waals surface area (Å²) in [6.07, 6.45) is 0. The van der Waals surface area contributed by atoms with Crippen molar-refractivity contribution < 1.29 is 9.53 Å². The molecule has 6 nitrogen and oxygen atoms in total. The van der Waals surface area contributed by atoms with Gasteiger partial charge in [0.15, 0.2) is 0 Å². The predicted octanol–water partition coefficient (Wildman–Crippen LogP) is 1.20. The van der Waals surface area contributed by atoms with Crippen molar-refractivity contribution in [1.82, 2.24) is 9.78 Å². The summed E-state index contributed by atoms with van der Waals surface area (Å²) in [5.74, 6) is 0.325. The Morgan fingerprint density at radius 3 is 2.50 bits per heavy atom. The minimum Gasteiger partial charge on any atom is -0.438 e. The molecule has 2 rings (SSSR count). The molecule has 0 unspecified atom stereocenters. The number of nitrogens with zero attached hydrogens (tertiary/aromatic N) is 2. The molecule has 0 aliphatic heterocycles. The van der Waals surface area contributed by atoms with Crippen molar-refractivity contribution >= 4 is 11.6 Å². The zero-order valence-electron chi connectivity index (χ0n) is 10.2. The van der Waals surface area contributed by atoms with Crippen LogP contribution >= 0.6 is 0 Å². The van der Waals surface area contributed by atoms with Crippen molar-refractivity contribution in [3.8, 4) is 11.6 Å². The minimum atomic E-state index is -0.564. The molecule has 0 spiro atoms. The molecule has 0 saturated heterocycles. The number of carbonyl (C=O) groups excluding carboxylic acids is 1. The number of hydrogen-bond donors (Lipinski definition) is 2. The van der Waals surface area contributed by atoms with Gasteiger partial charge in [0.2, 0.25) is 5.88 Å². The Hall–Kier alpha value is -2.50. The summed E-state index contributed by atoms with van der Waals surface area (Å²) in [7, 11) is 1.69. The third-order valence-electron chi connectivity index (χ3n) is 2.51. The number of anilines is 1. The zero-order valence-corrected chi connectivity index (χ0v) is 10.2. The first-order valence-corrected chi connectivity index (χ1v) is 5.36. The van der Waals surface area contributed by atoms with Gasteiger partial charge in [-0.3, -0.25) is 4.79 Å². The van der Waals surface area contributed by atoms with Gasteiger partial charge in [0, 0.05) is 12.7 Å². The fourth-order valence-corrected chi connectivity index (χ4v) is 1.69. The van der Waals surface area contributed by atoms with Crippen LogP contribution in [0.15, 0.2) is 24.3 Å². The summed E-state index contributed by atoms with van der Waals surface area (Å²) in [4.78, 5) is 11.4. The number of ether oxygens (including phenoxy) is 1. The number of rotatable bonds is 3. The van der Waals surface area contributed by atoms with Gasteiger partial charge in [-0.2, -0.15) is 5.10 Å². The summed E-state index contributed by atoms with van der Waals surface area (Å²) in [5.41, 5.74) is 12.4. The Morgan fingerprint density at radius 1 is 1.33 bits per heavy atom. The smallest absolute Gasteiger partial charge is 0.256 e. The summed E-state index contributed by atoms with van der Waals surface area (Å²) in [6.45, 7) is 1.70. The van der Waals surface area contributed by atoms with E-state index in [1.54, 1.807) is 38.2 Å².